The molecular formula is C27H34Cl2N2O4. The van der Waals surface area contributed by atoms with Gasteiger partial charge in [-0.25, -0.2) is 0 Å². The van der Waals surface area contributed by atoms with E-state index in [0.717, 1.165) is 16.8 Å². The molecule has 0 saturated carbocycles. The second kappa shape index (κ2) is 10.9. The first-order valence-electron chi connectivity index (χ1n) is 11.7. The van der Waals surface area contributed by atoms with Crippen LogP contribution in [0.2, 0.25) is 10.0 Å². The van der Waals surface area contributed by atoms with Crippen molar-refractivity contribution >= 4 is 40.8 Å². The summed E-state index contributed by atoms with van der Waals surface area (Å²) in [5, 5.41) is 4.10. The van der Waals surface area contributed by atoms with Gasteiger partial charge in [0.25, 0.3) is 5.91 Å². The highest BCUT2D eigenvalue weighted by Gasteiger charge is 2.38. The van der Waals surface area contributed by atoms with E-state index in [9.17, 15) is 9.59 Å². The van der Waals surface area contributed by atoms with Gasteiger partial charge in [-0.1, -0.05) is 62.2 Å². The average molecular weight is 521 g/mol. The number of carbonyl (C=O) groups excluding carboxylic acids is 2. The SMILES string of the molecule is CC(C)(C)CN1C(=O)C(CNCC(=O)OC(C)(C)C)OC(c2ccccc2Cl)c2cc(Cl)ccc21. The Balaban J connectivity index is 1.99. The number of anilines is 1. The molecule has 1 N–H and O–H groups in total. The molecule has 2 atom stereocenters. The van der Waals surface area contributed by atoms with Crippen molar-refractivity contribution in [3.05, 3.63) is 63.6 Å². The number of rotatable bonds is 6. The Morgan fingerprint density at radius 2 is 1.74 bits per heavy atom. The first-order valence-corrected chi connectivity index (χ1v) is 12.4. The molecule has 0 aliphatic carbocycles. The molecule has 6 nitrogen and oxygen atoms in total. The van der Waals surface area contributed by atoms with Crippen LogP contribution in [0.25, 0.3) is 0 Å². The van der Waals surface area contributed by atoms with E-state index in [1.807, 2.05) is 51.1 Å². The molecule has 1 heterocycles. The molecule has 190 valence electrons. The highest BCUT2D eigenvalue weighted by atomic mass is 35.5. The fourth-order valence-corrected chi connectivity index (χ4v) is 4.37. The van der Waals surface area contributed by atoms with E-state index in [4.69, 9.17) is 32.7 Å². The zero-order valence-electron chi connectivity index (χ0n) is 21.2. The van der Waals surface area contributed by atoms with Gasteiger partial charge in [-0.2, -0.15) is 0 Å². The second-order valence-electron chi connectivity index (χ2n) is 10.9. The van der Waals surface area contributed by atoms with Gasteiger partial charge < -0.3 is 19.7 Å². The minimum Gasteiger partial charge on any atom is -0.459 e. The van der Waals surface area contributed by atoms with Crippen LogP contribution in [-0.2, 0) is 19.1 Å². The van der Waals surface area contributed by atoms with Gasteiger partial charge in [0.05, 0.1) is 6.54 Å². The number of hydrogen-bond acceptors (Lipinski definition) is 5. The number of amides is 1. The van der Waals surface area contributed by atoms with E-state index in [1.165, 1.54) is 0 Å². The van der Waals surface area contributed by atoms with Gasteiger partial charge in [0, 0.05) is 39.9 Å². The summed E-state index contributed by atoms with van der Waals surface area (Å²) in [6, 6.07) is 12.8. The largest absolute Gasteiger partial charge is 0.459 e. The molecule has 0 aromatic heterocycles. The van der Waals surface area contributed by atoms with Crippen LogP contribution in [0.1, 0.15) is 58.8 Å². The third kappa shape index (κ3) is 7.43. The Bertz CT molecular complexity index is 1080. The zero-order chi connectivity index (χ0) is 26.0. The van der Waals surface area contributed by atoms with Crippen LogP contribution in [-0.4, -0.2) is 43.2 Å². The summed E-state index contributed by atoms with van der Waals surface area (Å²) in [6.07, 6.45) is -1.49. The summed E-state index contributed by atoms with van der Waals surface area (Å²) in [4.78, 5) is 27.8. The summed E-state index contributed by atoms with van der Waals surface area (Å²) >= 11 is 13.0. The quantitative estimate of drug-likeness (QED) is 0.488. The molecule has 0 fully saturated rings. The minimum atomic E-state index is -0.868. The van der Waals surface area contributed by atoms with Crippen molar-refractivity contribution in [3.8, 4) is 0 Å². The van der Waals surface area contributed by atoms with E-state index < -0.39 is 23.8 Å². The number of nitrogens with zero attached hydrogens (tertiary/aromatic N) is 1. The van der Waals surface area contributed by atoms with E-state index in [2.05, 4.69) is 26.1 Å². The Kier molecular flexibility index (Phi) is 8.53. The predicted molar refractivity (Wildman–Crippen MR) is 140 cm³/mol. The molecule has 0 radical (unpaired) electrons. The number of halogens is 2. The van der Waals surface area contributed by atoms with Crippen molar-refractivity contribution in [1.82, 2.24) is 5.32 Å². The Morgan fingerprint density at radius 1 is 1.06 bits per heavy atom. The molecule has 0 bridgehead atoms. The molecule has 2 aromatic rings. The van der Waals surface area contributed by atoms with Crippen LogP contribution in [0.15, 0.2) is 42.5 Å². The molecule has 35 heavy (non-hydrogen) atoms. The van der Waals surface area contributed by atoms with E-state index >= 15 is 0 Å². The van der Waals surface area contributed by atoms with Crippen molar-refractivity contribution in [2.45, 2.75) is 59.4 Å². The van der Waals surface area contributed by atoms with E-state index in [-0.39, 0.29) is 24.4 Å². The summed E-state index contributed by atoms with van der Waals surface area (Å²) in [7, 11) is 0. The fourth-order valence-electron chi connectivity index (χ4n) is 3.95. The smallest absolute Gasteiger partial charge is 0.320 e. The van der Waals surface area contributed by atoms with Gasteiger partial charge >= 0.3 is 5.97 Å². The number of fused-ring (bicyclic) bond motifs is 1. The number of esters is 1. The van der Waals surface area contributed by atoms with Crippen LogP contribution in [0.5, 0.6) is 0 Å². The van der Waals surface area contributed by atoms with Crippen molar-refractivity contribution in [3.63, 3.8) is 0 Å². The van der Waals surface area contributed by atoms with Crippen molar-refractivity contribution in [1.29, 1.82) is 0 Å². The summed E-state index contributed by atoms with van der Waals surface area (Å²) in [6.45, 7) is 12.2. The standard InChI is InChI=1S/C27H34Cl2N2O4/c1-26(2,3)16-31-21-12-11-17(28)13-19(21)24(18-9-7-8-10-20(18)29)34-22(25(31)33)14-30-15-23(32)35-27(4,5)6/h7-13,22,24,30H,14-16H2,1-6H3. The van der Waals surface area contributed by atoms with Gasteiger partial charge in [0.1, 0.15) is 17.8 Å². The molecule has 1 aliphatic rings. The lowest BCUT2D eigenvalue weighted by atomic mass is 9.94. The van der Waals surface area contributed by atoms with Crippen LogP contribution >= 0.6 is 23.2 Å². The average Bonchev–Trinajstić information content (AvgIpc) is 2.82. The number of benzene rings is 2. The van der Waals surface area contributed by atoms with Crippen LogP contribution in [0.4, 0.5) is 5.69 Å². The zero-order valence-corrected chi connectivity index (χ0v) is 22.7. The number of nitrogens with one attached hydrogen (secondary N) is 1. The predicted octanol–water partition coefficient (Wildman–Crippen LogP) is 5.79. The molecular weight excluding hydrogens is 487 g/mol. The molecule has 0 saturated heterocycles. The minimum absolute atomic E-state index is 0.0424. The van der Waals surface area contributed by atoms with Crippen LogP contribution in [0.3, 0.4) is 0 Å². The van der Waals surface area contributed by atoms with E-state index in [0.29, 0.717) is 16.6 Å². The summed E-state index contributed by atoms with van der Waals surface area (Å²) in [5.74, 6) is -0.599. The Hall–Kier alpha value is -2.12. The summed E-state index contributed by atoms with van der Waals surface area (Å²) in [5.41, 5.74) is 1.46. The maximum atomic E-state index is 13.8. The van der Waals surface area contributed by atoms with E-state index in [1.54, 1.807) is 17.0 Å². The van der Waals surface area contributed by atoms with Gasteiger partial charge in [-0.15, -0.1) is 0 Å². The first kappa shape index (κ1) is 27.5. The lowest BCUT2D eigenvalue weighted by Crippen LogP contribution is -2.48. The lowest BCUT2D eigenvalue weighted by Gasteiger charge is -2.31. The molecule has 1 amide bonds. The first-order chi connectivity index (χ1) is 16.2. The number of ether oxygens (including phenoxy) is 2. The third-order valence-corrected chi connectivity index (χ3v) is 5.82. The van der Waals surface area contributed by atoms with Gasteiger partial charge in [-0.05, 0) is 50.5 Å². The van der Waals surface area contributed by atoms with Gasteiger partial charge in [-0.3, -0.25) is 9.59 Å². The van der Waals surface area contributed by atoms with Crippen molar-refractivity contribution < 1.29 is 19.1 Å². The Labute approximate surface area is 217 Å². The number of carbonyl (C=O) groups is 2. The van der Waals surface area contributed by atoms with Gasteiger partial charge in [0.2, 0.25) is 0 Å². The summed E-state index contributed by atoms with van der Waals surface area (Å²) < 4.78 is 11.8. The molecule has 3 rings (SSSR count). The molecule has 2 aromatic carbocycles. The Morgan fingerprint density at radius 3 is 2.37 bits per heavy atom. The fraction of sp³-hybridized carbons (Fsp3) is 0.481. The van der Waals surface area contributed by atoms with Gasteiger partial charge in [0.15, 0.2) is 0 Å². The molecule has 0 spiro atoms. The third-order valence-electron chi connectivity index (χ3n) is 5.24. The second-order valence-corrected chi connectivity index (χ2v) is 11.8. The highest BCUT2D eigenvalue weighted by molar-refractivity contribution is 6.31. The van der Waals surface area contributed by atoms with Crippen molar-refractivity contribution in [2.75, 3.05) is 24.5 Å². The van der Waals surface area contributed by atoms with Crippen molar-refractivity contribution in [2.24, 2.45) is 5.41 Å². The monoisotopic (exact) mass is 520 g/mol. The normalized spacial score (nSPS) is 18.7. The maximum Gasteiger partial charge on any atom is 0.320 e. The molecule has 1 aliphatic heterocycles. The number of hydrogen-bond donors (Lipinski definition) is 1. The molecule has 2 unspecified atom stereocenters. The maximum absolute atomic E-state index is 13.8. The van der Waals surface area contributed by atoms with Crippen LogP contribution in [0, 0.1) is 5.41 Å². The highest BCUT2D eigenvalue weighted by Crippen LogP contribution is 2.42. The topological polar surface area (TPSA) is 67.9 Å². The molecule has 8 heteroatoms. The lowest BCUT2D eigenvalue weighted by molar-refractivity contribution is -0.154. The van der Waals surface area contributed by atoms with Crippen LogP contribution < -0.4 is 10.2 Å².